The molecule has 0 amide bonds. The van der Waals surface area contributed by atoms with Crippen LogP contribution in [0.2, 0.25) is 0 Å². The van der Waals surface area contributed by atoms with Crippen LogP contribution < -0.4 is 5.84 Å². The van der Waals surface area contributed by atoms with E-state index in [9.17, 15) is 8.42 Å². The standard InChI is InChI=1S/C3H8N2O3S/c1-3(5-4)8-9(2,6)7/h4H2,1-2H3. The fraction of sp³-hybridized carbons (Fsp3) is 0.667. The maximum absolute atomic E-state index is 10.2. The van der Waals surface area contributed by atoms with Crippen molar-refractivity contribution in [2.45, 2.75) is 6.92 Å². The molecular weight excluding hydrogens is 144 g/mol. The van der Waals surface area contributed by atoms with Crippen molar-refractivity contribution >= 4 is 16.0 Å². The summed E-state index contributed by atoms with van der Waals surface area (Å²) < 4.78 is 24.7. The van der Waals surface area contributed by atoms with Crippen molar-refractivity contribution in [3.05, 3.63) is 0 Å². The van der Waals surface area contributed by atoms with E-state index in [0.717, 1.165) is 6.26 Å². The van der Waals surface area contributed by atoms with Crippen LogP contribution in [0.4, 0.5) is 0 Å². The minimum absolute atomic E-state index is 0.0718. The zero-order valence-corrected chi connectivity index (χ0v) is 5.97. The lowest BCUT2D eigenvalue weighted by Crippen LogP contribution is -2.09. The fourth-order valence-corrected chi connectivity index (χ4v) is 0.722. The Bertz CT molecular complexity index is 205. The van der Waals surface area contributed by atoms with E-state index in [2.05, 4.69) is 15.1 Å². The van der Waals surface area contributed by atoms with Gasteiger partial charge in [-0.1, -0.05) is 0 Å². The first-order valence-electron chi connectivity index (χ1n) is 2.09. The van der Waals surface area contributed by atoms with Crippen molar-refractivity contribution < 1.29 is 12.6 Å². The average Bonchev–Trinajstić information content (AvgIpc) is 1.62. The first-order valence-corrected chi connectivity index (χ1v) is 3.91. The molecule has 0 aliphatic carbocycles. The summed E-state index contributed by atoms with van der Waals surface area (Å²) in [6.45, 7) is 1.35. The third-order valence-electron chi connectivity index (χ3n) is 0.454. The third kappa shape index (κ3) is 5.09. The molecule has 54 valence electrons. The van der Waals surface area contributed by atoms with E-state index < -0.39 is 10.1 Å². The molecule has 0 bridgehead atoms. The third-order valence-corrected chi connectivity index (χ3v) is 0.998. The first-order chi connectivity index (χ1) is 3.95. The lowest BCUT2D eigenvalue weighted by atomic mass is 10.8. The number of rotatable bonds is 1. The van der Waals surface area contributed by atoms with E-state index in [4.69, 9.17) is 0 Å². The van der Waals surface area contributed by atoms with E-state index in [-0.39, 0.29) is 5.90 Å². The van der Waals surface area contributed by atoms with Crippen molar-refractivity contribution in [2.75, 3.05) is 6.26 Å². The van der Waals surface area contributed by atoms with Crippen LogP contribution in [0.1, 0.15) is 6.92 Å². The predicted molar refractivity (Wildman–Crippen MR) is 33.2 cm³/mol. The Morgan fingerprint density at radius 2 is 2.11 bits per heavy atom. The summed E-state index contributed by atoms with van der Waals surface area (Å²) in [5.41, 5.74) is 0. The molecule has 0 saturated carbocycles. The molecule has 2 N–H and O–H groups in total. The Hall–Kier alpha value is -0.780. The van der Waals surface area contributed by atoms with Gasteiger partial charge in [0.2, 0.25) is 5.90 Å². The van der Waals surface area contributed by atoms with Gasteiger partial charge in [0.05, 0.1) is 6.26 Å². The van der Waals surface area contributed by atoms with Crippen LogP contribution in [0, 0.1) is 0 Å². The highest BCUT2D eigenvalue weighted by atomic mass is 32.2. The molecular formula is C3H8N2O3S. The van der Waals surface area contributed by atoms with Gasteiger partial charge in [-0.25, -0.2) is 0 Å². The van der Waals surface area contributed by atoms with Gasteiger partial charge >= 0.3 is 10.1 Å². The maximum Gasteiger partial charge on any atom is 0.307 e. The predicted octanol–water partition coefficient (Wildman–Crippen LogP) is -0.745. The van der Waals surface area contributed by atoms with Crippen molar-refractivity contribution in [3.63, 3.8) is 0 Å². The van der Waals surface area contributed by atoms with Crippen LogP contribution in [0.25, 0.3) is 0 Å². The Labute approximate surface area is 53.6 Å². The van der Waals surface area contributed by atoms with Crippen LogP contribution in [0.5, 0.6) is 0 Å². The van der Waals surface area contributed by atoms with Gasteiger partial charge < -0.3 is 10.0 Å². The highest BCUT2D eigenvalue weighted by Crippen LogP contribution is 1.87. The van der Waals surface area contributed by atoms with Gasteiger partial charge in [0.1, 0.15) is 0 Å². The molecule has 0 rings (SSSR count). The topological polar surface area (TPSA) is 81.8 Å². The van der Waals surface area contributed by atoms with Crippen LogP contribution in [-0.4, -0.2) is 20.6 Å². The van der Waals surface area contributed by atoms with Gasteiger partial charge in [0.25, 0.3) is 0 Å². The number of nitrogens with zero attached hydrogens (tertiary/aromatic N) is 1. The van der Waals surface area contributed by atoms with Crippen LogP contribution in [0.3, 0.4) is 0 Å². The lowest BCUT2D eigenvalue weighted by molar-refractivity contribution is 0.486. The van der Waals surface area contributed by atoms with E-state index in [0.29, 0.717) is 0 Å². The molecule has 0 fully saturated rings. The van der Waals surface area contributed by atoms with Gasteiger partial charge in [0.15, 0.2) is 0 Å². The molecule has 0 radical (unpaired) electrons. The molecule has 0 spiro atoms. The van der Waals surface area contributed by atoms with Gasteiger partial charge in [-0.15, -0.1) is 5.10 Å². The lowest BCUT2D eigenvalue weighted by Gasteiger charge is -1.97. The van der Waals surface area contributed by atoms with Gasteiger partial charge in [-0.2, -0.15) is 8.42 Å². The normalized spacial score (nSPS) is 13.3. The summed E-state index contributed by atoms with van der Waals surface area (Å²) in [6.07, 6.45) is 0.918. The number of hydrazone groups is 1. The molecule has 0 saturated heterocycles. The monoisotopic (exact) mass is 152 g/mol. The minimum atomic E-state index is -3.45. The van der Waals surface area contributed by atoms with Crippen LogP contribution in [0.15, 0.2) is 5.10 Å². The van der Waals surface area contributed by atoms with Crippen LogP contribution >= 0.6 is 0 Å². The number of hydrogen-bond donors (Lipinski definition) is 1. The largest absolute Gasteiger partial charge is 0.365 e. The zero-order chi connectivity index (χ0) is 7.49. The second kappa shape index (κ2) is 2.67. The molecule has 0 aromatic carbocycles. The molecule has 9 heavy (non-hydrogen) atoms. The molecule has 0 aliphatic heterocycles. The number of nitrogens with two attached hydrogens (primary N) is 1. The van der Waals surface area contributed by atoms with Crippen molar-refractivity contribution in [3.8, 4) is 0 Å². The van der Waals surface area contributed by atoms with E-state index in [1.165, 1.54) is 6.92 Å². The Morgan fingerprint density at radius 1 is 1.67 bits per heavy atom. The summed E-state index contributed by atoms with van der Waals surface area (Å²) in [5, 5.41) is 2.99. The Balaban J connectivity index is 4.07. The molecule has 0 heterocycles. The smallest absolute Gasteiger partial charge is 0.307 e. The SMILES string of the molecule is CC(=NN)OS(C)(=O)=O. The fourth-order valence-electron chi connectivity index (χ4n) is 0.241. The average molecular weight is 152 g/mol. The molecule has 5 nitrogen and oxygen atoms in total. The van der Waals surface area contributed by atoms with Gasteiger partial charge in [0, 0.05) is 6.92 Å². The van der Waals surface area contributed by atoms with Crippen molar-refractivity contribution in [1.82, 2.24) is 0 Å². The molecule has 6 heteroatoms. The Morgan fingerprint density at radius 3 is 2.22 bits per heavy atom. The van der Waals surface area contributed by atoms with E-state index in [1.807, 2.05) is 0 Å². The molecule has 0 unspecified atom stereocenters. The summed E-state index contributed by atoms with van der Waals surface area (Å²) in [5.74, 6) is 4.61. The molecule has 0 atom stereocenters. The summed E-state index contributed by atoms with van der Waals surface area (Å²) >= 11 is 0. The second-order valence-electron chi connectivity index (χ2n) is 1.44. The highest BCUT2D eigenvalue weighted by Gasteiger charge is 2.01. The van der Waals surface area contributed by atoms with Crippen molar-refractivity contribution in [1.29, 1.82) is 0 Å². The summed E-state index contributed by atoms with van der Waals surface area (Å²) in [7, 11) is -3.45. The van der Waals surface area contributed by atoms with Crippen molar-refractivity contribution in [2.24, 2.45) is 10.9 Å². The highest BCUT2D eigenvalue weighted by molar-refractivity contribution is 7.86. The van der Waals surface area contributed by atoms with Gasteiger partial charge in [-0.05, 0) is 0 Å². The molecule has 0 aliphatic rings. The van der Waals surface area contributed by atoms with Gasteiger partial charge in [-0.3, -0.25) is 0 Å². The van der Waals surface area contributed by atoms with E-state index >= 15 is 0 Å². The Kier molecular flexibility index (Phi) is 2.44. The molecule has 0 aromatic rings. The second-order valence-corrected chi connectivity index (χ2v) is 3.01. The summed E-state index contributed by atoms with van der Waals surface area (Å²) in [4.78, 5) is 0. The summed E-state index contributed by atoms with van der Waals surface area (Å²) in [6, 6.07) is 0. The van der Waals surface area contributed by atoms with Crippen LogP contribution in [-0.2, 0) is 14.3 Å². The maximum atomic E-state index is 10.2. The first kappa shape index (κ1) is 8.22. The number of hydrogen-bond acceptors (Lipinski definition) is 5. The minimum Gasteiger partial charge on any atom is -0.365 e. The quantitative estimate of drug-likeness (QED) is 0.176. The zero-order valence-electron chi connectivity index (χ0n) is 5.16. The molecule has 0 aromatic heterocycles. The van der Waals surface area contributed by atoms with E-state index in [1.54, 1.807) is 0 Å².